The summed E-state index contributed by atoms with van der Waals surface area (Å²) in [6, 6.07) is 8.34. The lowest BCUT2D eigenvalue weighted by Crippen LogP contribution is -2.41. The molecule has 2 aliphatic rings. The number of phenols is 1. The Labute approximate surface area is 205 Å². The summed E-state index contributed by atoms with van der Waals surface area (Å²) in [4.78, 5) is 31.7. The van der Waals surface area contributed by atoms with Crippen LogP contribution >= 0.6 is 0 Å². The smallest absolute Gasteiger partial charge is 0.268 e. The van der Waals surface area contributed by atoms with Crippen LogP contribution in [0, 0.1) is 12.8 Å². The number of carbonyl (C=O) groups excluding carboxylic acids is 2. The van der Waals surface area contributed by atoms with Gasteiger partial charge in [0.25, 0.3) is 15.9 Å². The molecule has 1 amide bonds. The van der Waals surface area contributed by atoms with Crippen LogP contribution in [-0.4, -0.2) is 42.3 Å². The SMILES string of the molecule is Cc1ccc(-c2ccc(C(=O)NS(=O)(=O)C3=CC=CCC3=O)c(N3C[C@@H](C)CC3(C)C)n2)c(O)c1. The molecule has 0 radical (unpaired) electrons. The van der Waals surface area contributed by atoms with Gasteiger partial charge in [0.2, 0.25) is 0 Å². The number of anilines is 1. The largest absolute Gasteiger partial charge is 0.507 e. The highest BCUT2D eigenvalue weighted by Gasteiger charge is 2.39. The van der Waals surface area contributed by atoms with E-state index in [1.165, 1.54) is 18.2 Å². The van der Waals surface area contributed by atoms with Crippen molar-refractivity contribution in [2.24, 2.45) is 5.92 Å². The lowest BCUT2D eigenvalue weighted by molar-refractivity contribution is -0.114. The molecule has 35 heavy (non-hydrogen) atoms. The maximum absolute atomic E-state index is 13.3. The number of Topliss-reactive ketones (excluding diaryl/α,β-unsaturated/α-hetero) is 1. The first-order chi connectivity index (χ1) is 16.4. The van der Waals surface area contributed by atoms with E-state index in [-0.39, 0.29) is 23.3 Å². The number of sulfonamides is 1. The van der Waals surface area contributed by atoms with E-state index in [4.69, 9.17) is 4.98 Å². The number of aromatic nitrogens is 1. The molecule has 1 saturated heterocycles. The second-order valence-electron chi connectivity index (χ2n) is 9.84. The number of phenolic OH excluding ortho intramolecular Hbond substituents is 1. The van der Waals surface area contributed by atoms with Crippen LogP contribution < -0.4 is 9.62 Å². The van der Waals surface area contributed by atoms with Gasteiger partial charge in [-0.2, -0.15) is 0 Å². The van der Waals surface area contributed by atoms with Crippen molar-refractivity contribution < 1.29 is 23.1 Å². The first-order valence-electron chi connectivity index (χ1n) is 11.4. The fraction of sp³-hybridized carbons (Fsp3) is 0.346. The van der Waals surface area contributed by atoms with Crippen molar-refractivity contribution in [3.63, 3.8) is 0 Å². The Balaban J connectivity index is 1.79. The molecule has 1 aromatic heterocycles. The van der Waals surface area contributed by atoms with Crippen LogP contribution in [0.5, 0.6) is 5.75 Å². The molecular formula is C26H29N3O5S. The van der Waals surface area contributed by atoms with Crippen molar-refractivity contribution >= 4 is 27.5 Å². The van der Waals surface area contributed by atoms with E-state index in [0.717, 1.165) is 12.0 Å². The summed E-state index contributed by atoms with van der Waals surface area (Å²) < 4.78 is 27.7. The third-order valence-corrected chi connectivity index (χ3v) is 7.75. The summed E-state index contributed by atoms with van der Waals surface area (Å²) in [5.74, 6) is -0.724. The number of carbonyl (C=O) groups is 2. The number of amides is 1. The van der Waals surface area contributed by atoms with E-state index >= 15 is 0 Å². The minimum atomic E-state index is -4.36. The average Bonchev–Trinajstić information content (AvgIpc) is 3.05. The molecule has 1 aliphatic carbocycles. The molecule has 1 aliphatic heterocycles. The first kappa shape index (κ1) is 24.7. The van der Waals surface area contributed by atoms with E-state index in [1.54, 1.807) is 24.3 Å². The third-order valence-electron chi connectivity index (χ3n) is 6.36. The van der Waals surface area contributed by atoms with Crippen molar-refractivity contribution in [1.82, 2.24) is 9.71 Å². The Bertz CT molecular complexity index is 1380. The van der Waals surface area contributed by atoms with Crippen molar-refractivity contribution in [2.45, 2.75) is 46.1 Å². The number of rotatable bonds is 5. The molecule has 1 atom stereocenters. The van der Waals surface area contributed by atoms with Crippen LogP contribution in [0.25, 0.3) is 11.3 Å². The minimum absolute atomic E-state index is 0.0394. The number of ketones is 1. The summed E-state index contributed by atoms with van der Waals surface area (Å²) in [6.45, 7) is 8.70. The zero-order chi connectivity index (χ0) is 25.5. The molecular weight excluding hydrogens is 466 g/mol. The standard InChI is InChI=1S/C26H29N3O5S/c1-16-9-10-18(22(31)13-16)20-12-11-19(24(27-20)29-15-17(2)14-26(29,3)4)25(32)28-35(33,34)23-8-6-5-7-21(23)30/h5-6,8-13,17,31H,7,14-15H2,1-4H3,(H,28,32)/t17-/m0/s1. The summed E-state index contributed by atoms with van der Waals surface area (Å²) >= 11 is 0. The lowest BCUT2D eigenvalue weighted by atomic mass is 9.97. The molecule has 0 bridgehead atoms. The third kappa shape index (κ3) is 4.86. The minimum Gasteiger partial charge on any atom is -0.507 e. The summed E-state index contributed by atoms with van der Waals surface area (Å²) in [6.07, 6.45) is 5.05. The summed E-state index contributed by atoms with van der Waals surface area (Å²) in [5.41, 5.74) is 1.60. The molecule has 8 nitrogen and oxygen atoms in total. The van der Waals surface area contributed by atoms with Crippen LogP contribution in [0.2, 0.25) is 0 Å². The molecule has 1 fully saturated rings. The highest BCUT2D eigenvalue weighted by Crippen LogP contribution is 2.39. The number of pyridine rings is 1. The maximum Gasteiger partial charge on any atom is 0.268 e. The Hall–Kier alpha value is -3.46. The van der Waals surface area contributed by atoms with E-state index in [9.17, 15) is 23.1 Å². The normalized spacial score (nSPS) is 19.5. The molecule has 0 spiro atoms. The summed E-state index contributed by atoms with van der Waals surface area (Å²) in [5, 5.41) is 10.5. The number of benzene rings is 1. The molecule has 1 aromatic carbocycles. The topological polar surface area (TPSA) is 117 Å². The second-order valence-corrected chi connectivity index (χ2v) is 11.5. The van der Waals surface area contributed by atoms with E-state index < -0.39 is 26.6 Å². The molecule has 184 valence electrons. The monoisotopic (exact) mass is 495 g/mol. The highest BCUT2D eigenvalue weighted by molar-refractivity contribution is 7.95. The Morgan fingerprint density at radius 1 is 1.23 bits per heavy atom. The van der Waals surface area contributed by atoms with Gasteiger partial charge in [0.1, 0.15) is 16.5 Å². The number of nitrogens with zero attached hydrogens (tertiary/aromatic N) is 2. The molecule has 2 heterocycles. The Kier molecular flexibility index (Phi) is 6.31. The molecule has 2 N–H and O–H groups in total. The van der Waals surface area contributed by atoms with Crippen molar-refractivity contribution in [3.05, 3.63) is 64.6 Å². The van der Waals surface area contributed by atoms with Gasteiger partial charge >= 0.3 is 0 Å². The zero-order valence-electron chi connectivity index (χ0n) is 20.2. The number of aryl methyl sites for hydroxylation is 1. The van der Waals surface area contributed by atoms with Crippen LogP contribution in [0.15, 0.2) is 53.5 Å². The fourth-order valence-electron chi connectivity index (χ4n) is 4.79. The number of aromatic hydroxyl groups is 1. The number of allylic oxidation sites excluding steroid dienone is 4. The van der Waals surface area contributed by atoms with Gasteiger partial charge in [-0.1, -0.05) is 25.1 Å². The van der Waals surface area contributed by atoms with Gasteiger partial charge in [-0.3, -0.25) is 9.59 Å². The van der Waals surface area contributed by atoms with Gasteiger partial charge in [-0.25, -0.2) is 18.1 Å². The van der Waals surface area contributed by atoms with Crippen molar-refractivity contribution in [2.75, 3.05) is 11.4 Å². The Morgan fingerprint density at radius 2 is 1.97 bits per heavy atom. The Morgan fingerprint density at radius 3 is 2.60 bits per heavy atom. The zero-order valence-corrected chi connectivity index (χ0v) is 21.0. The molecule has 0 saturated carbocycles. The second kappa shape index (κ2) is 8.96. The van der Waals surface area contributed by atoms with Gasteiger partial charge in [-0.05, 0) is 69.0 Å². The van der Waals surface area contributed by atoms with Crippen LogP contribution in [0.3, 0.4) is 0 Å². The predicted molar refractivity (Wildman–Crippen MR) is 135 cm³/mol. The van der Waals surface area contributed by atoms with E-state index in [2.05, 4.69) is 6.92 Å². The van der Waals surface area contributed by atoms with Crippen LogP contribution in [0.1, 0.15) is 49.5 Å². The van der Waals surface area contributed by atoms with Crippen molar-refractivity contribution in [1.29, 1.82) is 0 Å². The molecule has 4 rings (SSSR count). The molecule has 9 heteroatoms. The van der Waals surface area contributed by atoms with Gasteiger partial charge in [0.05, 0.1) is 11.3 Å². The first-order valence-corrected chi connectivity index (χ1v) is 12.9. The van der Waals surface area contributed by atoms with Gasteiger partial charge in [-0.15, -0.1) is 0 Å². The number of nitrogens with one attached hydrogen (secondary N) is 1. The number of hydrogen-bond acceptors (Lipinski definition) is 7. The van der Waals surface area contributed by atoms with E-state index in [0.29, 0.717) is 29.5 Å². The highest BCUT2D eigenvalue weighted by atomic mass is 32.2. The molecule has 0 unspecified atom stereocenters. The van der Waals surface area contributed by atoms with Gasteiger partial charge < -0.3 is 10.0 Å². The summed E-state index contributed by atoms with van der Waals surface area (Å²) in [7, 11) is -4.36. The van der Waals surface area contributed by atoms with E-state index in [1.807, 2.05) is 36.5 Å². The predicted octanol–water partition coefficient (Wildman–Crippen LogP) is 3.86. The fourth-order valence-corrected chi connectivity index (χ4v) is 5.90. The number of hydrogen-bond donors (Lipinski definition) is 2. The van der Waals surface area contributed by atoms with Gasteiger partial charge in [0.15, 0.2) is 5.78 Å². The molecule has 2 aromatic rings. The van der Waals surface area contributed by atoms with Crippen LogP contribution in [0.4, 0.5) is 5.82 Å². The van der Waals surface area contributed by atoms with Gasteiger partial charge in [0, 0.05) is 24.1 Å². The van der Waals surface area contributed by atoms with Crippen LogP contribution in [-0.2, 0) is 14.8 Å². The average molecular weight is 496 g/mol. The quantitative estimate of drug-likeness (QED) is 0.647. The maximum atomic E-state index is 13.3. The lowest BCUT2D eigenvalue weighted by Gasteiger charge is -2.34. The van der Waals surface area contributed by atoms with Crippen molar-refractivity contribution in [3.8, 4) is 17.0 Å².